The molecular formula is C133H98S7. The summed E-state index contributed by atoms with van der Waals surface area (Å²) in [5.41, 5.74) is 27.6. The van der Waals surface area contributed by atoms with Crippen LogP contribution in [0, 0.1) is 48.5 Å². The van der Waals surface area contributed by atoms with Gasteiger partial charge in [0.05, 0.1) is 0 Å². The van der Waals surface area contributed by atoms with Crippen molar-refractivity contribution in [2.45, 2.75) is 48.5 Å². The highest BCUT2D eigenvalue weighted by atomic mass is 32.1. The predicted octanol–water partition coefficient (Wildman–Crippen LogP) is 42.2. The van der Waals surface area contributed by atoms with Crippen molar-refractivity contribution in [1.82, 2.24) is 0 Å². The molecule has 21 aromatic carbocycles. The van der Waals surface area contributed by atoms with E-state index in [0.717, 1.165) is 0 Å². The van der Waals surface area contributed by atoms with E-state index in [0.29, 0.717) is 0 Å². The predicted molar refractivity (Wildman–Crippen MR) is 627 cm³/mol. The molecule has 0 atom stereocenters. The Labute approximate surface area is 845 Å². The van der Waals surface area contributed by atoms with Gasteiger partial charge in [0.2, 0.25) is 0 Å². The maximum absolute atomic E-state index is 2.32. The number of benzene rings is 21. The molecule has 0 spiro atoms. The Morgan fingerprint density at radius 3 is 0.914 bits per heavy atom. The van der Waals surface area contributed by atoms with Crippen molar-refractivity contribution in [2.75, 3.05) is 0 Å². The zero-order valence-electron chi connectivity index (χ0n) is 78.8. The number of aryl methyl sites for hydroxylation is 7. The van der Waals surface area contributed by atoms with Crippen LogP contribution in [0.25, 0.3) is 219 Å². The Balaban J connectivity index is 0.0000000939. The highest BCUT2D eigenvalue weighted by Crippen LogP contribution is 2.48. The highest BCUT2D eigenvalue weighted by Gasteiger charge is 2.18. The maximum Gasteiger partial charge on any atom is 0.0433 e. The first kappa shape index (κ1) is 90.3. The smallest absolute Gasteiger partial charge is 0.0433 e. The molecule has 0 saturated heterocycles. The molecule has 7 aromatic heterocycles. The van der Waals surface area contributed by atoms with Gasteiger partial charge >= 0.3 is 0 Å². The van der Waals surface area contributed by atoms with Gasteiger partial charge in [-0.2, -0.15) is 0 Å². The molecule has 28 rings (SSSR count). The zero-order chi connectivity index (χ0) is 94.7. The van der Waals surface area contributed by atoms with Crippen molar-refractivity contribution in [3.8, 4) is 77.9 Å². The van der Waals surface area contributed by atoms with E-state index >= 15 is 0 Å². The summed E-state index contributed by atoms with van der Waals surface area (Å²) in [5, 5.41) is 19.2. The lowest BCUT2D eigenvalue weighted by molar-refractivity contribution is 1.46. The number of fused-ring (bicyclic) bond motifs is 21. The number of thiophene rings is 7. The molecule has 0 unspecified atom stereocenters. The molecule has 7 heteroatoms. The van der Waals surface area contributed by atoms with Gasteiger partial charge in [-0.3, -0.25) is 0 Å². The summed E-state index contributed by atoms with van der Waals surface area (Å²) in [4.78, 5) is 0. The Morgan fingerprint density at radius 1 is 0.121 bits per heavy atom. The van der Waals surface area contributed by atoms with Crippen LogP contribution in [-0.4, -0.2) is 0 Å². The Kier molecular flexibility index (Phi) is 26.0. The molecule has 28 aromatic rings. The first-order valence-electron chi connectivity index (χ1n) is 47.6. The van der Waals surface area contributed by atoms with Gasteiger partial charge < -0.3 is 0 Å². The van der Waals surface area contributed by atoms with Crippen molar-refractivity contribution < 1.29 is 0 Å². The van der Waals surface area contributed by atoms with Crippen LogP contribution < -0.4 is 0 Å². The quantitative estimate of drug-likeness (QED) is 0.149. The fourth-order valence-electron chi connectivity index (χ4n) is 19.4. The second-order valence-electron chi connectivity index (χ2n) is 36.0. The SMILES string of the molecule is Cc1ccc(-c2ccc3c(c2)sc2ccccc23)cc1.Cc1ccc(-c2cccc3sc4ccccc4c23)cc1.Cc1cccc(-c2ccc3c(c2)sc2ccccc23)c1.Cc1cccc(-c2cccc3sc4ccccc4c23)c1.Cc1cccc2c1sc1c(-c3ccccc3)cccc12.Cc1ccccc1-c1ccc2c(c1)sc1ccccc12.Cc1ccccc1-c1cccc2c1sc1ccccc12. The van der Waals surface area contributed by atoms with Crippen molar-refractivity contribution in [3.63, 3.8) is 0 Å². The molecule has 0 saturated carbocycles. The third kappa shape index (κ3) is 18.6. The van der Waals surface area contributed by atoms with E-state index in [1.807, 2.05) is 79.4 Å². The molecule has 0 aliphatic rings. The second kappa shape index (κ2) is 40.3. The van der Waals surface area contributed by atoms with Gasteiger partial charge in [-0.25, -0.2) is 0 Å². The lowest BCUT2D eigenvalue weighted by atomic mass is 9.98. The normalized spacial score (nSPS) is 11.2. The van der Waals surface area contributed by atoms with Gasteiger partial charge in [-0.15, -0.1) is 79.4 Å². The van der Waals surface area contributed by atoms with E-state index in [-0.39, 0.29) is 0 Å². The number of rotatable bonds is 7. The van der Waals surface area contributed by atoms with E-state index < -0.39 is 0 Å². The van der Waals surface area contributed by atoms with Gasteiger partial charge in [0.1, 0.15) is 0 Å². The molecule has 0 N–H and O–H groups in total. The molecule has 0 nitrogen and oxygen atoms in total. The van der Waals surface area contributed by atoms with Gasteiger partial charge in [-0.1, -0.05) is 423 Å². The second-order valence-corrected chi connectivity index (χ2v) is 43.5. The number of hydrogen-bond acceptors (Lipinski definition) is 7. The van der Waals surface area contributed by atoms with Gasteiger partial charge in [0.15, 0.2) is 0 Å². The molecule has 0 aliphatic heterocycles. The van der Waals surface area contributed by atoms with Crippen LogP contribution in [0.4, 0.5) is 0 Å². The third-order valence-corrected chi connectivity index (χ3v) is 34.8. The van der Waals surface area contributed by atoms with Crippen LogP contribution >= 0.6 is 79.4 Å². The van der Waals surface area contributed by atoms with Crippen molar-refractivity contribution >= 4 is 221 Å². The van der Waals surface area contributed by atoms with E-state index in [1.54, 1.807) is 0 Å². The van der Waals surface area contributed by atoms with Crippen LogP contribution in [0.2, 0.25) is 0 Å². The largest absolute Gasteiger partial charge is 0.135 e. The van der Waals surface area contributed by atoms with E-state index in [4.69, 9.17) is 0 Å². The van der Waals surface area contributed by atoms with Gasteiger partial charge in [0.25, 0.3) is 0 Å². The topological polar surface area (TPSA) is 0 Å². The third-order valence-electron chi connectivity index (χ3n) is 26.5. The van der Waals surface area contributed by atoms with Crippen molar-refractivity contribution in [1.29, 1.82) is 0 Å². The van der Waals surface area contributed by atoms with Gasteiger partial charge in [0, 0.05) is 141 Å². The first-order valence-corrected chi connectivity index (χ1v) is 53.3. The molecule has 0 aliphatic carbocycles. The Bertz CT molecular complexity index is 9410. The summed E-state index contributed by atoms with van der Waals surface area (Å²) < 4.78 is 19.2. The average molecular weight is 1920 g/mol. The summed E-state index contributed by atoms with van der Waals surface area (Å²) >= 11 is 13.2. The zero-order valence-corrected chi connectivity index (χ0v) is 84.5. The lowest BCUT2D eigenvalue weighted by Gasteiger charge is -2.06. The van der Waals surface area contributed by atoms with Crippen LogP contribution in [0.15, 0.2) is 467 Å². The molecule has 0 fully saturated rings. The summed E-state index contributed by atoms with van der Waals surface area (Å²) in [5.74, 6) is 0. The molecule has 140 heavy (non-hydrogen) atoms. The fraction of sp³-hybridized carbons (Fsp3) is 0.0526. The monoisotopic (exact) mass is 1920 g/mol. The standard InChI is InChI=1S/7C19H14S/c1-13-6-4-7-14(12-13)15-9-5-11-18-19(15)16-8-2-3-10-17(16)20-18;1-13-7-2-3-8-14(13)16-10-6-11-17-15-9-4-5-12-18(15)20-19(16)17;1-13-5-4-6-14(11-13)15-9-10-17-16-7-2-3-8-18(16)20-19(17)12-15;1-13-6-2-3-7-15(13)14-10-11-17-16-8-4-5-9-18(16)20-19(17)12-14;1-13-9-11-14(12-10-13)15-6-4-8-18-19(15)16-5-2-3-7-17(16)20-18;1-13-7-5-11-16-17-12-6-10-15(19(17)20-18(13)16)14-8-3-2-4-9-14;1-13-6-8-14(9-7-13)15-10-11-17-16-4-2-3-5-18(16)20-19(17)12-15/h7*2-12H,1H3. The minimum absolute atomic E-state index is 1.29. The highest BCUT2D eigenvalue weighted by molar-refractivity contribution is 7.28. The van der Waals surface area contributed by atoms with Crippen LogP contribution in [0.5, 0.6) is 0 Å². The minimum atomic E-state index is 1.29. The molecule has 0 radical (unpaired) electrons. The Morgan fingerprint density at radius 2 is 0.400 bits per heavy atom. The summed E-state index contributed by atoms with van der Waals surface area (Å²) in [6.07, 6.45) is 0. The fourth-order valence-corrected chi connectivity index (χ4v) is 27.6. The van der Waals surface area contributed by atoms with Gasteiger partial charge in [-0.05, 0) is 210 Å². The minimum Gasteiger partial charge on any atom is -0.135 e. The molecule has 0 amide bonds. The maximum atomic E-state index is 2.32. The van der Waals surface area contributed by atoms with Crippen molar-refractivity contribution in [3.05, 3.63) is 506 Å². The van der Waals surface area contributed by atoms with Crippen LogP contribution in [-0.2, 0) is 0 Å². The Hall–Kier alpha value is -14.8. The van der Waals surface area contributed by atoms with E-state index in [9.17, 15) is 0 Å². The van der Waals surface area contributed by atoms with E-state index in [2.05, 4.69) is 516 Å². The molecular weight excluding hydrogens is 1820 g/mol. The summed E-state index contributed by atoms with van der Waals surface area (Å²) in [7, 11) is 0. The van der Waals surface area contributed by atoms with Crippen LogP contribution in [0.1, 0.15) is 38.9 Å². The molecule has 672 valence electrons. The molecule has 0 bridgehead atoms. The summed E-state index contributed by atoms with van der Waals surface area (Å²) in [6.45, 7) is 15.1. The first-order chi connectivity index (χ1) is 68.8. The lowest BCUT2D eigenvalue weighted by Crippen LogP contribution is -1.82. The average Bonchev–Trinajstić information content (AvgIpc) is 1.62. The number of hydrogen-bond donors (Lipinski definition) is 0. The summed E-state index contributed by atoms with van der Waals surface area (Å²) in [6, 6.07) is 168. The molecule has 7 heterocycles. The van der Waals surface area contributed by atoms with E-state index in [1.165, 1.54) is 258 Å². The van der Waals surface area contributed by atoms with Crippen LogP contribution in [0.3, 0.4) is 0 Å². The van der Waals surface area contributed by atoms with Crippen molar-refractivity contribution in [2.24, 2.45) is 0 Å².